The molecule has 0 bridgehead atoms. The summed E-state index contributed by atoms with van der Waals surface area (Å²) in [6, 6.07) is 21.9. The molecule has 1 heterocycles. The van der Waals surface area contributed by atoms with Crippen molar-refractivity contribution in [2.24, 2.45) is 0 Å². The highest BCUT2D eigenvalue weighted by atomic mass is 19.4. The first kappa shape index (κ1) is 24.3. The molecule has 182 valence electrons. The largest absolute Gasteiger partial charge is 0.463 e. The van der Waals surface area contributed by atoms with Gasteiger partial charge in [0.2, 0.25) is 0 Å². The maximum atomic E-state index is 13.0. The summed E-state index contributed by atoms with van der Waals surface area (Å²) < 4.78 is 45.8. The van der Waals surface area contributed by atoms with Gasteiger partial charge in [0.15, 0.2) is 5.82 Å². The second kappa shape index (κ2) is 10.6. The van der Waals surface area contributed by atoms with Gasteiger partial charge in [0.05, 0.1) is 24.0 Å². The Balaban J connectivity index is 1.50. The van der Waals surface area contributed by atoms with Crippen LogP contribution in [0.3, 0.4) is 0 Å². The van der Waals surface area contributed by atoms with Crippen LogP contribution in [0.4, 0.5) is 18.9 Å². The van der Waals surface area contributed by atoms with Crippen LogP contribution in [0.5, 0.6) is 6.01 Å². The van der Waals surface area contributed by atoms with Crippen molar-refractivity contribution in [3.8, 4) is 23.1 Å². The standard InChI is InChI=1S/C26H25F3N4O2/c1-2-35-25-31-24(19-8-10-20(11-9-19)26(27,28)29)33(32-25)22-14-12-21(13-15-22)30-17-23(34)16-18-6-4-3-5-7-18/h3-15,23,30,34H,2,16-17H2,1H3. The molecule has 0 saturated carbocycles. The normalized spacial score (nSPS) is 12.4. The lowest BCUT2D eigenvalue weighted by Gasteiger charge is -2.13. The van der Waals surface area contributed by atoms with Crippen LogP contribution in [0.1, 0.15) is 18.1 Å². The van der Waals surface area contributed by atoms with E-state index in [0.29, 0.717) is 36.6 Å². The molecule has 0 radical (unpaired) electrons. The zero-order valence-electron chi connectivity index (χ0n) is 19.0. The molecule has 4 rings (SSSR count). The predicted octanol–water partition coefficient (Wildman–Crippen LogP) is 5.37. The quantitative estimate of drug-likeness (QED) is 0.336. The van der Waals surface area contributed by atoms with E-state index in [-0.39, 0.29) is 6.01 Å². The molecule has 0 saturated heterocycles. The van der Waals surface area contributed by atoms with Crippen molar-refractivity contribution in [2.45, 2.75) is 25.6 Å². The van der Waals surface area contributed by atoms with E-state index in [4.69, 9.17) is 4.74 Å². The number of anilines is 1. The SMILES string of the molecule is CCOc1nc(-c2ccc(C(F)(F)F)cc2)n(-c2ccc(NCC(O)Cc3ccccc3)cc2)n1. The molecule has 1 aromatic heterocycles. The first-order valence-corrected chi connectivity index (χ1v) is 11.2. The van der Waals surface area contributed by atoms with E-state index in [1.54, 1.807) is 6.92 Å². The van der Waals surface area contributed by atoms with E-state index in [0.717, 1.165) is 23.4 Å². The highest BCUT2D eigenvalue weighted by Gasteiger charge is 2.30. The van der Waals surface area contributed by atoms with Gasteiger partial charge in [-0.25, -0.2) is 4.68 Å². The summed E-state index contributed by atoms with van der Waals surface area (Å²) in [5, 5.41) is 17.9. The second-order valence-electron chi connectivity index (χ2n) is 7.91. The number of aliphatic hydroxyl groups excluding tert-OH is 1. The summed E-state index contributed by atoms with van der Waals surface area (Å²) >= 11 is 0. The van der Waals surface area contributed by atoms with Gasteiger partial charge in [0, 0.05) is 24.2 Å². The van der Waals surface area contributed by atoms with Crippen molar-refractivity contribution in [3.05, 3.63) is 90.0 Å². The van der Waals surface area contributed by atoms with Gasteiger partial charge in [-0.1, -0.05) is 42.5 Å². The molecule has 2 N–H and O–H groups in total. The zero-order chi connectivity index (χ0) is 24.8. The van der Waals surface area contributed by atoms with Crippen molar-refractivity contribution in [3.63, 3.8) is 0 Å². The Kier molecular flexibility index (Phi) is 7.36. The highest BCUT2D eigenvalue weighted by Crippen LogP contribution is 2.31. The molecule has 6 nitrogen and oxygen atoms in total. The zero-order valence-corrected chi connectivity index (χ0v) is 19.0. The van der Waals surface area contributed by atoms with Crippen molar-refractivity contribution < 1.29 is 23.0 Å². The number of alkyl halides is 3. The molecule has 1 atom stereocenters. The van der Waals surface area contributed by atoms with Gasteiger partial charge in [-0.3, -0.25) is 0 Å². The third-order valence-electron chi connectivity index (χ3n) is 5.30. The van der Waals surface area contributed by atoms with E-state index in [1.807, 2.05) is 54.6 Å². The van der Waals surface area contributed by atoms with Crippen LogP contribution < -0.4 is 10.1 Å². The summed E-state index contributed by atoms with van der Waals surface area (Å²) in [6.45, 7) is 2.53. The minimum absolute atomic E-state index is 0.133. The average Bonchev–Trinajstić information content (AvgIpc) is 3.27. The maximum Gasteiger partial charge on any atom is 0.416 e. The highest BCUT2D eigenvalue weighted by molar-refractivity contribution is 5.60. The van der Waals surface area contributed by atoms with Gasteiger partial charge in [-0.05, 0) is 48.9 Å². The number of rotatable bonds is 9. The van der Waals surface area contributed by atoms with Crippen LogP contribution in [-0.4, -0.2) is 39.1 Å². The minimum atomic E-state index is -4.42. The number of hydrogen-bond acceptors (Lipinski definition) is 5. The molecule has 4 aromatic rings. The fourth-order valence-corrected chi connectivity index (χ4v) is 3.57. The third-order valence-corrected chi connectivity index (χ3v) is 5.30. The molecule has 1 unspecified atom stereocenters. The second-order valence-corrected chi connectivity index (χ2v) is 7.91. The molecule has 35 heavy (non-hydrogen) atoms. The molecule has 0 amide bonds. The summed E-state index contributed by atoms with van der Waals surface area (Å²) in [4.78, 5) is 4.36. The van der Waals surface area contributed by atoms with Crippen molar-refractivity contribution in [2.75, 3.05) is 18.5 Å². The summed E-state index contributed by atoms with van der Waals surface area (Å²) in [7, 11) is 0. The fourth-order valence-electron chi connectivity index (χ4n) is 3.57. The predicted molar refractivity (Wildman–Crippen MR) is 128 cm³/mol. The molecule has 0 fully saturated rings. The first-order valence-electron chi connectivity index (χ1n) is 11.2. The van der Waals surface area contributed by atoms with Gasteiger partial charge in [0.1, 0.15) is 0 Å². The Labute approximate surface area is 201 Å². The van der Waals surface area contributed by atoms with E-state index in [1.165, 1.54) is 16.8 Å². The van der Waals surface area contributed by atoms with E-state index in [2.05, 4.69) is 15.4 Å². The van der Waals surface area contributed by atoms with Crippen molar-refractivity contribution >= 4 is 5.69 Å². The van der Waals surface area contributed by atoms with Crippen LogP contribution in [0, 0.1) is 0 Å². The maximum absolute atomic E-state index is 13.0. The monoisotopic (exact) mass is 482 g/mol. The molecule has 0 aliphatic heterocycles. The van der Waals surface area contributed by atoms with Crippen LogP contribution in [0.15, 0.2) is 78.9 Å². The lowest BCUT2D eigenvalue weighted by Crippen LogP contribution is -2.21. The number of aliphatic hydroxyl groups is 1. The van der Waals surface area contributed by atoms with E-state index < -0.39 is 17.8 Å². The molecule has 0 aliphatic carbocycles. The number of nitrogens with zero attached hydrogens (tertiary/aromatic N) is 3. The van der Waals surface area contributed by atoms with Crippen LogP contribution >= 0.6 is 0 Å². The van der Waals surface area contributed by atoms with Gasteiger partial charge in [-0.2, -0.15) is 18.2 Å². The number of halogens is 3. The Hall–Kier alpha value is -3.85. The molecule has 0 aliphatic rings. The topological polar surface area (TPSA) is 72.2 Å². The third kappa shape index (κ3) is 6.19. The lowest BCUT2D eigenvalue weighted by atomic mass is 10.1. The fraction of sp³-hybridized carbons (Fsp3) is 0.231. The van der Waals surface area contributed by atoms with Crippen LogP contribution in [-0.2, 0) is 12.6 Å². The lowest BCUT2D eigenvalue weighted by molar-refractivity contribution is -0.137. The average molecular weight is 483 g/mol. The molecular weight excluding hydrogens is 457 g/mol. The van der Waals surface area contributed by atoms with E-state index >= 15 is 0 Å². The molecule has 0 spiro atoms. The van der Waals surface area contributed by atoms with Gasteiger partial charge in [-0.15, -0.1) is 5.10 Å². The van der Waals surface area contributed by atoms with Crippen LogP contribution in [0.25, 0.3) is 17.1 Å². The Morgan fingerprint density at radius 1 is 0.971 bits per heavy atom. The van der Waals surface area contributed by atoms with Gasteiger partial charge >= 0.3 is 12.2 Å². The summed E-state index contributed by atoms with van der Waals surface area (Å²) in [6.07, 6.45) is -4.42. The number of nitrogens with one attached hydrogen (secondary N) is 1. The number of hydrogen-bond donors (Lipinski definition) is 2. The minimum Gasteiger partial charge on any atom is -0.463 e. The number of ether oxygens (including phenoxy) is 1. The summed E-state index contributed by atoms with van der Waals surface area (Å²) in [5.74, 6) is 0.362. The van der Waals surface area contributed by atoms with Gasteiger partial charge < -0.3 is 15.2 Å². The Morgan fingerprint density at radius 2 is 1.66 bits per heavy atom. The Bertz CT molecular complexity index is 1220. The number of aromatic nitrogens is 3. The van der Waals surface area contributed by atoms with Crippen LogP contribution in [0.2, 0.25) is 0 Å². The molecular formula is C26H25F3N4O2. The van der Waals surface area contributed by atoms with E-state index in [9.17, 15) is 18.3 Å². The van der Waals surface area contributed by atoms with Crippen molar-refractivity contribution in [1.29, 1.82) is 0 Å². The first-order chi connectivity index (χ1) is 16.8. The molecule has 9 heteroatoms. The number of benzene rings is 3. The van der Waals surface area contributed by atoms with Crippen molar-refractivity contribution in [1.82, 2.24) is 14.8 Å². The molecule has 3 aromatic carbocycles. The van der Waals surface area contributed by atoms with Gasteiger partial charge in [0.25, 0.3) is 0 Å². The smallest absolute Gasteiger partial charge is 0.416 e. The Morgan fingerprint density at radius 3 is 2.29 bits per heavy atom. The summed E-state index contributed by atoms with van der Waals surface area (Å²) in [5.41, 5.74) is 2.27.